The summed E-state index contributed by atoms with van der Waals surface area (Å²) in [5.41, 5.74) is 2.34. The molecule has 0 bridgehead atoms. The average molecular weight is 330 g/mol. The molecule has 1 N–H and O–H groups in total. The summed E-state index contributed by atoms with van der Waals surface area (Å²) in [5, 5.41) is 11.3. The predicted octanol–water partition coefficient (Wildman–Crippen LogP) is 2.47. The maximum atomic E-state index is 11.1. The van der Waals surface area contributed by atoms with Crippen molar-refractivity contribution in [3.8, 4) is 0 Å². The van der Waals surface area contributed by atoms with Gasteiger partial charge in [-0.2, -0.15) is 5.10 Å². The van der Waals surface area contributed by atoms with Crippen molar-refractivity contribution in [2.45, 2.75) is 26.3 Å². The van der Waals surface area contributed by atoms with Crippen molar-refractivity contribution in [1.82, 2.24) is 10.2 Å². The molecule has 0 spiro atoms. The molecule has 2 saturated heterocycles. The second-order valence-corrected chi connectivity index (χ2v) is 7.18. The number of amidine groups is 1. The van der Waals surface area contributed by atoms with Gasteiger partial charge in [-0.05, 0) is 42.5 Å². The molecule has 2 heterocycles. The third kappa shape index (κ3) is 4.91. The molecule has 2 fully saturated rings. The van der Waals surface area contributed by atoms with E-state index in [0.717, 1.165) is 18.0 Å². The van der Waals surface area contributed by atoms with E-state index in [1.807, 2.05) is 6.07 Å². The number of amides is 1. The fourth-order valence-electron chi connectivity index (χ4n) is 2.99. The molecule has 23 heavy (non-hydrogen) atoms. The van der Waals surface area contributed by atoms with E-state index >= 15 is 0 Å². The fourth-order valence-corrected chi connectivity index (χ4v) is 3.62. The van der Waals surface area contributed by atoms with Crippen molar-refractivity contribution in [3.63, 3.8) is 0 Å². The number of nitrogens with one attached hydrogen (secondary N) is 1. The van der Waals surface area contributed by atoms with Gasteiger partial charge in [-0.1, -0.05) is 36.9 Å². The summed E-state index contributed by atoms with van der Waals surface area (Å²) in [5.74, 6) is 1.21. The first-order valence-electron chi connectivity index (χ1n) is 8.04. The topological polar surface area (TPSA) is 57.1 Å². The van der Waals surface area contributed by atoms with E-state index in [1.165, 1.54) is 43.3 Å². The van der Waals surface area contributed by atoms with Gasteiger partial charge in [-0.25, -0.2) is 0 Å². The van der Waals surface area contributed by atoms with E-state index in [2.05, 4.69) is 45.5 Å². The van der Waals surface area contributed by atoms with Crippen LogP contribution < -0.4 is 5.32 Å². The van der Waals surface area contributed by atoms with Crippen LogP contribution in [-0.2, 0) is 11.3 Å². The first kappa shape index (κ1) is 16.2. The Balaban J connectivity index is 1.59. The minimum Gasteiger partial charge on any atom is -0.303 e. The summed E-state index contributed by atoms with van der Waals surface area (Å²) in [4.78, 5) is 13.6. The van der Waals surface area contributed by atoms with Crippen molar-refractivity contribution < 1.29 is 4.79 Å². The Morgan fingerprint density at radius 2 is 2.39 bits per heavy atom. The Morgan fingerprint density at radius 3 is 3.17 bits per heavy atom. The molecule has 2 aliphatic heterocycles. The number of hydrogen-bond acceptors (Lipinski definition) is 5. The molecule has 1 amide bonds. The molecule has 1 unspecified atom stereocenters. The van der Waals surface area contributed by atoms with Crippen LogP contribution in [0.2, 0.25) is 0 Å². The Bertz CT molecular complexity index is 629. The maximum Gasteiger partial charge on any atom is 0.236 e. The highest BCUT2D eigenvalue weighted by atomic mass is 32.2. The fraction of sp³-hybridized carbons (Fsp3) is 0.471. The maximum absolute atomic E-state index is 11.1. The van der Waals surface area contributed by atoms with Gasteiger partial charge in [-0.15, -0.1) is 5.10 Å². The van der Waals surface area contributed by atoms with Crippen LogP contribution in [-0.4, -0.2) is 41.0 Å². The quantitative estimate of drug-likeness (QED) is 0.681. The molecule has 0 saturated carbocycles. The standard InChI is InChI=1S/C17H22N4OS/c1-13-4-3-7-21(10-13)11-15-6-2-5-14(8-15)9-18-20-17-19-16(22)12-23-17/h2,5-6,8-9,13H,3-4,7,10-12H2,1H3,(H,19,20,22). The second kappa shape index (κ2) is 7.75. The number of likely N-dealkylation sites (tertiary alicyclic amines) is 1. The molecule has 0 aromatic heterocycles. The molecular formula is C17H22N4OS. The highest BCUT2D eigenvalue weighted by molar-refractivity contribution is 8.15. The molecule has 3 rings (SSSR count). The lowest BCUT2D eigenvalue weighted by molar-refractivity contribution is -0.116. The van der Waals surface area contributed by atoms with Gasteiger partial charge in [0.25, 0.3) is 0 Å². The zero-order valence-electron chi connectivity index (χ0n) is 13.4. The van der Waals surface area contributed by atoms with Crippen LogP contribution in [0.1, 0.15) is 30.9 Å². The summed E-state index contributed by atoms with van der Waals surface area (Å²) in [6, 6.07) is 8.40. The first-order valence-corrected chi connectivity index (χ1v) is 9.02. The van der Waals surface area contributed by atoms with Crippen LogP contribution in [0.15, 0.2) is 34.5 Å². The summed E-state index contributed by atoms with van der Waals surface area (Å²) in [7, 11) is 0. The van der Waals surface area contributed by atoms with Crippen LogP contribution in [0.3, 0.4) is 0 Å². The number of carbonyl (C=O) groups excluding carboxylic acids is 1. The van der Waals surface area contributed by atoms with Crippen LogP contribution in [0, 0.1) is 5.92 Å². The first-order chi connectivity index (χ1) is 11.2. The smallest absolute Gasteiger partial charge is 0.236 e. The number of nitrogens with zero attached hydrogens (tertiary/aromatic N) is 3. The van der Waals surface area contributed by atoms with Gasteiger partial charge in [0.15, 0.2) is 5.17 Å². The van der Waals surface area contributed by atoms with Crippen LogP contribution in [0.4, 0.5) is 0 Å². The Labute approximate surface area is 141 Å². The van der Waals surface area contributed by atoms with Crippen LogP contribution in [0.25, 0.3) is 0 Å². The van der Waals surface area contributed by atoms with Crippen molar-refractivity contribution in [1.29, 1.82) is 0 Å². The van der Waals surface area contributed by atoms with Gasteiger partial charge < -0.3 is 5.32 Å². The number of hydrogen-bond donors (Lipinski definition) is 1. The highest BCUT2D eigenvalue weighted by Gasteiger charge is 2.17. The molecule has 122 valence electrons. The minimum absolute atomic E-state index is 0.0123. The molecule has 1 atom stereocenters. The van der Waals surface area contributed by atoms with E-state index in [9.17, 15) is 4.79 Å². The molecule has 1 aromatic rings. The van der Waals surface area contributed by atoms with Gasteiger partial charge in [0, 0.05) is 13.1 Å². The SMILES string of the molecule is CC1CCCN(Cc2cccc(C=NN=C3NC(=O)CS3)c2)C1. The van der Waals surface area contributed by atoms with Gasteiger partial charge in [-0.3, -0.25) is 9.69 Å². The molecule has 1 aromatic carbocycles. The molecule has 5 nitrogen and oxygen atoms in total. The van der Waals surface area contributed by atoms with Crippen LogP contribution in [0.5, 0.6) is 0 Å². The third-order valence-electron chi connectivity index (χ3n) is 4.04. The van der Waals surface area contributed by atoms with Crippen LogP contribution >= 0.6 is 11.8 Å². The molecular weight excluding hydrogens is 308 g/mol. The number of benzene rings is 1. The van der Waals surface area contributed by atoms with Crippen molar-refractivity contribution in [2.75, 3.05) is 18.8 Å². The summed E-state index contributed by atoms with van der Waals surface area (Å²) in [6.45, 7) is 5.69. The van der Waals surface area contributed by atoms with E-state index in [0.29, 0.717) is 10.9 Å². The lowest BCUT2D eigenvalue weighted by atomic mass is 9.99. The van der Waals surface area contributed by atoms with E-state index in [1.54, 1.807) is 6.21 Å². The normalized spacial score (nSPS) is 24.5. The molecule has 2 aliphatic rings. The van der Waals surface area contributed by atoms with Gasteiger partial charge in [0.05, 0.1) is 12.0 Å². The molecule has 0 aliphatic carbocycles. The predicted molar refractivity (Wildman–Crippen MR) is 95.7 cm³/mol. The largest absolute Gasteiger partial charge is 0.303 e. The Kier molecular flexibility index (Phi) is 5.46. The number of piperidine rings is 1. The van der Waals surface area contributed by atoms with Gasteiger partial charge in [0.2, 0.25) is 5.91 Å². The second-order valence-electron chi connectivity index (χ2n) is 6.21. The average Bonchev–Trinajstić information content (AvgIpc) is 2.93. The summed E-state index contributed by atoms with van der Waals surface area (Å²) < 4.78 is 0. The van der Waals surface area contributed by atoms with E-state index in [4.69, 9.17) is 0 Å². The van der Waals surface area contributed by atoms with Crippen molar-refractivity contribution in [3.05, 3.63) is 35.4 Å². The highest BCUT2D eigenvalue weighted by Crippen LogP contribution is 2.18. The van der Waals surface area contributed by atoms with E-state index in [-0.39, 0.29) is 5.91 Å². The Hall–Kier alpha value is -1.66. The zero-order valence-corrected chi connectivity index (χ0v) is 14.2. The third-order valence-corrected chi connectivity index (χ3v) is 4.90. The minimum atomic E-state index is -0.0123. The Morgan fingerprint density at radius 1 is 1.48 bits per heavy atom. The number of thioether (sulfide) groups is 1. The zero-order chi connectivity index (χ0) is 16.1. The van der Waals surface area contributed by atoms with Crippen molar-refractivity contribution >= 4 is 29.1 Å². The molecule has 6 heteroatoms. The summed E-state index contributed by atoms with van der Waals surface area (Å²) >= 11 is 1.38. The lowest BCUT2D eigenvalue weighted by Gasteiger charge is -2.30. The molecule has 0 radical (unpaired) electrons. The monoisotopic (exact) mass is 330 g/mol. The van der Waals surface area contributed by atoms with E-state index < -0.39 is 0 Å². The number of carbonyl (C=O) groups is 1. The number of rotatable bonds is 4. The van der Waals surface area contributed by atoms with Gasteiger partial charge in [0.1, 0.15) is 0 Å². The van der Waals surface area contributed by atoms with Gasteiger partial charge >= 0.3 is 0 Å². The lowest BCUT2D eigenvalue weighted by Crippen LogP contribution is -2.33. The summed E-state index contributed by atoms with van der Waals surface area (Å²) in [6.07, 6.45) is 4.38. The van der Waals surface area contributed by atoms with Crippen molar-refractivity contribution in [2.24, 2.45) is 16.1 Å².